The molecule has 0 radical (unpaired) electrons. The van der Waals surface area contributed by atoms with Crippen LogP contribution in [0.2, 0.25) is 10.0 Å². The number of hydrogen-bond donors (Lipinski definition) is 1. The third-order valence-electron chi connectivity index (χ3n) is 6.35. The third kappa shape index (κ3) is 8.33. The Balaban J connectivity index is 1.58. The lowest BCUT2D eigenvalue weighted by atomic mass is 10.2. The number of non-ortho nitro benzene ring substituents is 1. The third-order valence-corrected chi connectivity index (χ3v) is 8.30. The first-order valence-electron chi connectivity index (χ1n) is 12.6. The first-order chi connectivity index (χ1) is 18.8. The monoisotopic (exact) mass is 588 g/mol. The molecule has 0 atom stereocenters. The van der Waals surface area contributed by atoms with Crippen LogP contribution in [0.5, 0.6) is 0 Å². The van der Waals surface area contributed by atoms with Gasteiger partial charge in [0.15, 0.2) is 0 Å². The first-order valence-corrected chi connectivity index (χ1v) is 14.2. The lowest BCUT2D eigenvalue weighted by Crippen LogP contribution is -2.40. The molecule has 1 aliphatic rings. The Morgan fingerprint density at radius 1 is 1.13 bits per heavy atom. The molecule has 0 aromatic heterocycles. The first kappa shape index (κ1) is 29.2. The van der Waals surface area contributed by atoms with E-state index in [1.165, 1.54) is 17.8 Å². The van der Waals surface area contributed by atoms with Crippen LogP contribution in [0.1, 0.15) is 17.5 Å². The van der Waals surface area contributed by atoms with Gasteiger partial charge in [0.05, 0.1) is 33.9 Å². The maximum atomic E-state index is 13.5. The van der Waals surface area contributed by atoms with E-state index in [1.54, 1.807) is 35.2 Å². The predicted octanol–water partition coefficient (Wildman–Crippen LogP) is 7.12. The number of carbonyl (C=O) groups is 1. The highest BCUT2D eigenvalue weighted by Crippen LogP contribution is 2.34. The minimum atomic E-state index is -0.418. The molecule has 1 heterocycles. The standard InChI is InChI=1S/C28H30Cl2N4O4S/c1-20-6-9-23(10-7-20)39-26-11-8-22(34(36)37)18-21(26)19-33(13-3-12-32-14-16-38-17-15-32)28(35)31-25-5-2-4-24(29)27(25)30/h2,4-11,18H,3,12-17,19H2,1H3,(H,31,35). The van der Waals surface area contributed by atoms with Gasteiger partial charge in [-0.05, 0) is 49.2 Å². The van der Waals surface area contributed by atoms with Gasteiger partial charge in [-0.2, -0.15) is 0 Å². The second-order valence-corrected chi connectivity index (χ2v) is 11.1. The molecule has 8 nitrogen and oxygen atoms in total. The smallest absolute Gasteiger partial charge is 0.322 e. The number of hydrogen-bond acceptors (Lipinski definition) is 6. The summed E-state index contributed by atoms with van der Waals surface area (Å²) >= 11 is 14.0. The van der Waals surface area contributed by atoms with E-state index in [0.29, 0.717) is 36.0 Å². The van der Waals surface area contributed by atoms with Gasteiger partial charge in [-0.1, -0.05) is 58.7 Å². The van der Waals surface area contributed by atoms with E-state index in [1.807, 2.05) is 31.2 Å². The van der Waals surface area contributed by atoms with Crippen LogP contribution in [0, 0.1) is 17.0 Å². The summed E-state index contributed by atoms with van der Waals surface area (Å²) in [5.74, 6) is 0. The van der Waals surface area contributed by atoms with Gasteiger partial charge in [0.2, 0.25) is 0 Å². The van der Waals surface area contributed by atoms with E-state index in [0.717, 1.165) is 41.4 Å². The molecule has 0 unspecified atom stereocenters. The van der Waals surface area contributed by atoms with Crippen molar-refractivity contribution in [3.05, 3.63) is 92.0 Å². The zero-order valence-electron chi connectivity index (χ0n) is 21.6. The Labute approximate surface area is 242 Å². The van der Waals surface area contributed by atoms with Gasteiger partial charge in [0, 0.05) is 54.6 Å². The zero-order valence-corrected chi connectivity index (χ0v) is 23.9. The number of amides is 2. The average molecular weight is 590 g/mol. The number of nitro groups is 1. The summed E-state index contributed by atoms with van der Waals surface area (Å²) < 4.78 is 5.43. The van der Waals surface area contributed by atoms with Crippen molar-refractivity contribution < 1.29 is 14.5 Å². The molecule has 0 aliphatic carbocycles. The summed E-state index contributed by atoms with van der Waals surface area (Å²) in [5.41, 5.74) is 2.21. The van der Waals surface area contributed by atoms with Crippen molar-refractivity contribution in [3.63, 3.8) is 0 Å². The molecule has 4 rings (SSSR count). The fourth-order valence-corrected chi connectivity index (χ4v) is 5.46. The van der Waals surface area contributed by atoms with Gasteiger partial charge in [0.1, 0.15) is 0 Å². The summed E-state index contributed by atoms with van der Waals surface area (Å²) in [5, 5.41) is 15.1. The van der Waals surface area contributed by atoms with Crippen LogP contribution in [0.3, 0.4) is 0 Å². The highest BCUT2D eigenvalue weighted by atomic mass is 35.5. The molecule has 1 aliphatic heterocycles. The van der Waals surface area contributed by atoms with Crippen molar-refractivity contribution in [2.24, 2.45) is 0 Å². The Morgan fingerprint density at radius 2 is 1.87 bits per heavy atom. The fourth-order valence-electron chi connectivity index (χ4n) is 4.20. The number of nitrogens with one attached hydrogen (secondary N) is 1. The summed E-state index contributed by atoms with van der Waals surface area (Å²) in [6.07, 6.45) is 0.728. The van der Waals surface area contributed by atoms with Gasteiger partial charge in [-0.25, -0.2) is 4.79 Å². The van der Waals surface area contributed by atoms with Gasteiger partial charge in [-0.15, -0.1) is 0 Å². The highest BCUT2D eigenvalue weighted by Gasteiger charge is 2.21. The minimum absolute atomic E-state index is 0.0233. The Hall–Kier alpha value is -2.82. The molecular weight excluding hydrogens is 559 g/mol. The van der Waals surface area contributed by atoms with E-state index in [-0.39, 0.29) is 23.3 Å². The molecule has 1 N–H and O–H groups in total. The Bertz CT molecular complexity index is 1300. The number of ether oxygens (including phenoxy) is 1. The minimum Gasteiger partial charge on any atom is -0.379 e. The van der Waals surface area contributed by atoms with Crippen LogP contribution in [-0.4, -0.2) is 60.1 Å². The molecule has 2 amide bonds. The highest BCUT2D eigenvalue weighted by molar-refractivity contribution is 7.99. The largest absolute Gasteiger partial charge is 0.379 e. The molecule has 0 saturated carbocycles. The summed E-state index contributed by atoms with van der Waals surface area (Å²) in [7, 11) is 0. The molecule has 206 valence electrons. The predicted molar refractivity (Wildman–Crippen MR) is 156 cm³/mol. The van der Waals surface area contributed by atoms with E-state index in [4.69, 9.17) is 27.9 Å². The quantitative estimate of drug-likeness (QED) is 0.200. The summed E-state index contributed by atoms with van der Waals surface area (Å²) in [4.78, 5) is 30.5. The van der Waals surface area contributed by atoms with E-state index < -0.39 is 4.92 Å². The second kappa shape index (κ2) is 14.0. The second-order valence-electron chi connectivity index (χ2n) is 9.22. The molecule has 0 bridgehead atoms. The van der Waals surface area contributed by atoms with Crippen LogP contribution < -0.4 is 5.32 Å². The number of anilines is 1. The molecule has 1 fully saturated rings. The van der Waals surface area contributed by atoms with Crippen LogP contribution in [-0.2, 0) is 11.3 Å². The molecule has 3 aromatic rings. The zero-order chi connectivity index (χ0) is 27.8. The number of morpholine rings is 1. The van der Waals surface area contributed by atoms with Gasteiger partial charge < -0.3 is 15.0 Å². The Kier molecular flexibility index (Phi) is 10.5. The van der Waals surface area contributed by atoms with Crippen molar-refractivity contribution in [3.8, 4) is 0 Å². The van der Waals surface area contributed by atoms with Crippen molar-refractivity contribution in [2.75, 3.05) is 44.7 Å². The molecule has 1 saturated heterocycles. The van der Waals surface area contributed by atoms with Crippen LogP contribution in [0.4, 0.5) is 16.2 Å². The molecule has 3 aromatic carbocycles. The van der Waals surface area contributed by atoms with E-state index in [9.17, 15) is 14.9 Å². The van der Waals surface area contributed by atoms with Crippen molar-refractivity contribution >= 4 is 52.4 Å². The van der Waals surface area contributed by atoms with Gasteiger partial charge in [0.25, 0.3) is 5.69 Å². The van der Waals surface area contributed by atoms with Gasteiger partial charge in [-0.3, -0.25) is 15.0 Å². The number of urea groups is 1. The van der Waals surface area contributed by atoms with Crippen LogP contribution >= 0.6 is 35.0 Å². The average Bonchev–Trinajstić information content (AvgIpc) is 2.93. The number of aryl methyl sites for hydroxylation is 1. The number of carbonyl (C=O) groups excluding carboxylic acids is 1. The molecular formula is C28H30Cl2N4O4S. The summed E-state index contributed by atoms with van der Waals surface area (Å²) in [6.45, 7) is 6.56. The number of rotatable bonds is 10. The fraction of sp³-hybridized carbons (Fsp3) is 0.321. The van der Waals surface area contributed by atoms with Crippen LogP contribution in [0.25, 0.3) is 0 Å². The normalized spacial score (nSPS) is 13.7. The van der Waals surface area contributed by atoms with Crippen LogP contribution in [0.15, 0.2) is 70.5 Å². The van der Waals surface area contributed by atoms with Crippen molar-refractivity contribution in [1.29, 1.82) is 0 Å². The Morgan fingerprint density at radius 3 is 2.59 bits per heavy atom. The molecule has 39 heavy (non-hydrogen) atoms. The summed E-state index contributed by atoms with van der Waals surface area (Å²) in [6, 6.07) is 17.5. The topological polar surface area (TPSA) is 88.0 Å². The molecule has 11 heteroatoms. The SMILES string of the molecule is Cc1ccc(Sc2ccc([N+](=O)[O-])cc2CN(CCCN2CCOCC2)C(=O)Nc2cccc(Cl)c2Cl)cc1. The number of nitro benzene ring substituents is 1. The lowest BCUT2D eigenvalue weighted by Gasteiger charge is -2.29. The van der Waals surface area contributed by atoms with E-state index >= 15 is 0 Å². The maximum Gasteiger partial charge on any atom is 0.322 e. The number of benzene rings is 3. The molecule has 0 spiro atoms. The van der Waals surface area contributed by atoms with Gasteiger partial charge >= 0.3 is 6.03 Å². The lowest BCUT2D eigenvalue weighted by molar-refractivity contribution is -0.385. The number of halogens is 2. The van der Waals surface area contributed by atoms with Crippen molar-refractivity contribution in [2.45, 2.75) is 29.7 Å². The number of nitrogens with zero attached hydrogens (tertiary/aromatic N) is 3. The van der Waals surface area contributed by atoms with Crippen molar-refractivity contribution in [1.82, 2.24) is 9.80 Å². The van der Waals surface area contributed by atoms with E-state index in [2.05, 4.69) is 10.2 Å². The maximum absolute atomic E-state index is 13.5.